The fourth-order valence-corrected chi connectivity index (χ4v) is 3.12. The molecule has 0 bridgehead atoms. The predicted octanol–water partition coefficient (Wildman–Crippen LogP) is 2.36. The van der Waals surface area contributed by atoms with Gasteiger partial charge in [-0.25, -0.2) is 10.2 Å². The van der Waals surface area contributed by atoms with Crippen LogP contribution in [0.25, 0.3) is 11.2 Å². The maximum atomic E-state index is 12.4. The molecule has 0 saturated carbocycles. The van der Waals surface area contributed by atoms with Crippen molar-refractivity contribution in [3.8, 4) is 0 Å². The lowest BCUT2D eigenvalue weighted by Crippen LogP contribution is -2.29. The van der Waals surface area contributed by atoms with Crippen LogP contribution in [-0.4, -0.2) is 30.2 Å². The molecule has 0 spiro atoms. The van der Waals surface area contributed by atoms with Gasteiger partial charge < -0.3 is 4.57 Å². The lowest BCUT2D eigenvalue weighted by Gasteiger charge is -2.07. The Morgan fingerprint density at radius 1 is 1.30 bits per heavy atom. The minimum Gasteiger partial charge on any atom is -0.303 e. The maximum Gasteiger partial charge on any atom is 0.329 e. The summed E-state index contributed by atoms with van der Waals surface area (Å²) in [6.45, 7) is 2.65. The monoisotopic (exact) mass is 413 g/mol. The second-order valence-electron chi connectivity index (χ2n) is 6.86. The molecule has 0 aliphatic heterocycles. The van der Waals surface area contributed by atoms with Crippen LogP contribution in [0.3, 0.4) is 0 Å². The van der Waals surface area contributed by atoms with E-state index in [9.17, 15) is 19.7 Å². The van der Waals surface area contributed by atoms with Gasteiger partial charge in [0.05, 0.1) is 11.1 Å². The van der Waals surface area contributed by atoms with E-state index in [1.165, 1.54) is 30.0 Å². The minimum absolute atomic E-state index is 0.0383. The molecule has 2 aromatic heterocycles. The molecule has 0 radical (unpaired) electrons. The van der Waals surface area contributed by atoms with Gasteiger partial charge in [0.15, 0.2) is 11.2 Å². The summed E-state index contributed by atoms with van der Waals surface area (Å²) in [5.74, 6) is 0.315. The van der Waals surface area contributed by atoms with E-state index in [4.69, 9.17) is 0 Å². The van der Waals surface area contributed by atoms with Gasteiger partial charge >= 0.3 is 5.69 Å². The van der Waals surface area contributed by atoms with Crippen LogP contribution < -0.4 is 16.7 Å². The molecule has 3 rings (SSSR count). The number of nitro benzene ring substituents is 1. The van der Waals surface area contributed by atoms with Crippen molar-refractivity contribution >= 4 is 29.0 Å². The number of hydrazone groups is 1. The Hall–Kier alpha value is -3.76. The number of benzene rings is 1. The zero-order valence-corrected chi connectivity index (χ0v) is 16.8. The van der Waals surface area contributed by atoms with Crippen LogP contribution in [0.4, 0.5) is 11.6 Å². The van der Waals surface area contributed by atoms with Gasteiger partial charge in [0, 0.05) is 31.3 Å². The summed E-state index contributed by atoms with van der Waals surface area (Å²) >= 11 is 0. The van der Waals surface area contributed by atoms with Crippen molar-refractivity contribution in [2.24, 2.45) is 12.1 Å². The Balaban J connectivity index is 1.93. The van der Waals surface area contributed by atoms with Gasteiger partial charge in [0.2, 0.25) is 5.95 Å². The number of hydrogen-bond acceptors (Lipinski definition) is 7. The van der Waals surface area contributed by atoms with Crippen molar-refractivity contribution in [2.45, 2.75) is 39.2 Å². The molecule has 11 heteroatoms. The zero-order chi connectivity index (χ0) is 21.7. The topological polar surface area (TPSA) is 140 Å². The molecule has 1 aromatic carbocycles. The summed E-state index contributed by atoms with van der Waals surface area (Å²) < 4.78 is 2.97. The standard InChI is InChI=1S/C19H23N7O4/c1-3-4-5-6-10-25-15-16(24(2)19(28)22-17(15)27)21-18(25)23-20-12-13-8-7-9-14(11-13)26(29)30/h7-9,11-12H,3-6,10H2,1-2H3,(H,21,23)(H,22,27,28). The quantitative estimate of drug-likeness (QED) is 0.239. The molecule has 0 fully saturated rings. The van der Waals surface area contributed by atoms with Crippen molar-refractivity contribution in [2.75, 3.05) is 5.43 Å². The third kappa shape index (κ3) is 4.45. The van der Waals surface area contributed by atoms with Gasteiger partial charge in [-0.05, 0) is 6.42 Å². The summed E-state index contributed by atoms with van der Waals surface area (Å²) in [4.78, 5) is 41.4. The molecule has 0 aliphatic carbocycles. The average Bonchev–Trinajstić information content (AvgIpc) is 3.09. The molecule has 158 valence electrons. The number of unbranched alkanes of at least 4 members (excludes halogenated alkanes) is 3. The third-order valence-corrected chi connectivity index (χ3v) is 4.70. The number of imidazole rings is 1. The van der Waals surface area contributed by atoms with E-state index in [1.807, 2.05) is 0 Å². The highest BCUT2D eigenvalue weighted by Gasteiger charge is 2.16. The van der Waals surface area contributed by atoms with E-state index in [1.54, 1.807) is 16.7 Å². The van der Waals surface area contributed by atoms with Gasteiger partial charge in [0.25, 0.3) is 11.2 Å². The second kappa shape index (κ2) is 9.16. The zero-order valence-electron chi connectivity index (χ0n) is 16.8. The Labute approximate surface area is 171 Å². The highest BCUT2D eigenvalue weighted by atomic mass is 16.6. The lowest BCUT2D eigenvalue weighted by molar-refractivity contribution is -0.384. The van der Waals surface area contributed by atoms with E-state index in [-0.39, 0.29) is 11.3 Å². The van der Waals surface area contributed by atoms with E-state index >= 15 is 0 Å². The number of aromatic amines is 1. The number of nitrogens with one attached hydrogen (secondary N) is 2. The first kappa shape index (κ1) is 21.0. The normalized spacial score (nSPS) is 11.4. The Morgan fingerprint density at radius 2 is 2.10 bits per heavy atom. The second-order valence-corrected chi connectivity index (χ2v) is 6.86. The van der Waals surface area contributed by atoms with Crippen molar-refractivity contribution in [3.63, 3.8) is 0 Å². The molecule has 0 aliphatic rings. The number of anilines is 1. The van der Waals surface area contributed by atoms with Crippen LogP contribution in [0.5, 0.6) is 0 Å². The van der Waals surface area contributed by atoms with Crippen LogP contribution in [0.2, 0.25) is 0 Å². The average molecular weight is 413 g/mol. The maximum absolute atomic E-state index is 12.4. The number of hydrogen-bond donors (Lipinski definition) is 2. The van der Waals surface area contributed by atoms with Crippen molar-refractivity contribution in [3.05, 3.63) is 60.8 Å². The number of aryl methyl sites for hydroxylation is 2. The van der Waals surface area contributed by atoms with Crippen molar-refractivity contribution in [1.29, 1.82) is 0 Å². The molecule has 0 amide bonds. The summed E-state index contributed by atoms with van der Waals surface area (Å²) in [5, 5.41) is 15.0. The summed E-state index contributed by atoms with van der Waals surface area (Å²) in [5.41, 5.74) is 2.79. The number of rotatable bonds is 9. The molecule has 3 aromatic rings. The smallest absolute Gasteiger partial charge is 0.303 e. The third-order valence-electron chi connectivity index (χ3n) is 4.70. The van der Waals surface area contributed by atoms with E-state index in [2.05, 4.69) is 27.4 Å². The highest BCUT2D eigenvalue weighted by Crippen LogP contribution is 2.17. The van der Waals surface area contributed by atoms with E-state index in [0.29, 0.717) is 23.6 Å². The number of aromatic nitrogens is 4. The summed E-state index contributed by atoms with van der Waals surface area (Å²) in [6, 6.07) is 6.04. The molecule has 30 heavy (non-hydrogen) atoms. The van der Waals surface area contributed by atoms with Gasteiger partial charge in [-0.2, -0.15) is 10.1 Å². The fourth-order valence-electron chi connectivity index (χ4n) is 3.12. The molecular formula is C19H23N7O4. The SMILES string of the molecule is CCCCCCn1c(NN=Cc2cccc([N+](=O)[O-])c2)nc2c1c(=O)[nH]c(=O)n2C. The number of fused-ring (bicyclic) bond motifs is 1. The minimum atomic E-state index is -0.547. The van der Waals surface area contributed by atoms with E-state index < -0.39 is 16.2 Å². The lowest BCUT2D eigenvalue weighted by atomic mass is 10.2. The molecule has 2 heterocycles. The Kier molecular flexibility index (Phi) is 6.40. The Bertz CT molecular complexity index is 1210. The number of non-ortho nitro benzene ring substituents is 1. The van der Waals surface area contributed by atoms with Gasteiger partial charge in [-0.3, -0.25) is 24.5 Å². The fraction of sp³-hybridized carbons (Fsp3) is 0.368. The van der Waals surface area contributed by atoms with Gasteiger partial charge in [-0.1, -0.05) is 38.3 Å². The largest absolute Gasteiger partial charge is 0.329 e. The van der Waals surface area contributed by atoms with Crippen LogP contribution in [0, 0.1) is 10.1 Å². The molecular weight excluding hydrogens is 390 g/mol. The number of nitro groups is 1. The highest BCUT2D eigenvalue weighted by molar-refractivity contribution is 5.81. The summed E-state index contributed by atoms with van der Waals surface area (Å²) in [7, 11) is 1.53. The van der Waals surface area contributed by atoms with Crippen LogP contribution in [-0.2, 0) is 13.6 Å². The van der Waals surface area contributed by atoms with Crippen LogP contribution >= 0.6 is 0 Å². The van der Waals surface area contributed by atoms with E-state index in [0.717, 1.165) is 25.7 Å². The number of H-pyrrole nitrogens is 1. The summed E-state index contributed by atoms with van der Waals surface area (Å²) in [6.07, 6.45) is 5.42. The molecule has 0 atom stereocenters. The van der Waals surface area contributed by atoms with Crippen LogP contribution in [0.1, 0.15) is 38.2 Å². The number of nitrogens with zero attached hydrogens (tertiary/aromatic N) is 5. The molecule has 0 saturated heterocycles. The Morgan fingerprint density at radius 3 is 2.83 bits per heavy atom. The van der Waals surface area contributed by atoms with Crippen LogP contribution in [0.15, 0.2) is 39.0 Å². The first-order valence-electron chi connectivity index (χ1n) is 9.65. The molecule has 2 N–H and O–H groups in total. The predicted molar refractivity (Wildman–Crippen MR) is 114 cm³/mol. The van der Waals surface area contributed by atoms with Gasteiger partial charge in [0.1, 0.15) is 0 Å². The first-order valence-corrected chi connectivity index (χ1v) is 9.65. The molecule has 0 unspecified atom stereocenters. The molecule has 11 nitrogen and oxygen atoms in total. The van der Waals surface area contributed by atoms with Crippen molar-refractivity contribution in [1.82, 2.24) is 19.1 Å². The van der Waals surface area contributed by atoms with Crippen molar-refractivity contribution < 1.29 is 4.92 Å². The van der Waals surface area contributed by atoms with Gasteiger partial charge in [-0.15, -0.1) is 0 Å². The first-order chi connectivity index (χ1) is 14.4.